The van der Waals surface area contributed by atoms with Crippen molar-refractivity contribution in [2.75, 3.05) is 11.9 Å². The summed E-state index contributed by atoms with van der Waals surface area (Å²) < 4.78 is 0. The number of pyridine rings is 2. The number of carbonyl (C=O) groups excluding carboxylic acids is 1. The minimum atomic E-state index is -0.199. The summed E-state index contributed by atoms with van der Waals surface area (Å²) in [6.45, 7) is 5.18. The third-order valence-corrected chi connectivity index (χ3v) is 2.91. The van der Waals surface area contributed by atoms with Gasteiger partial charge < -0.3 is 10.6 Å². The lowest BCUT2D eigenvalue weighted by atomic mass is 10.2. The van der Waals surface area contributed by atoms with Crippen LogP contribution in [0, 0.1) is 6.92 Å². The van der Waals surface area contributed by atoms with Crippen LogP contribution in [0.15, 0.2) is 36.7 Å². The molecule has 1 amide bonds. The number of nitrogens with zero attached hydrogens (tertiary/aromatic N) is 2. The van der Waals surface area contributed by atoms with Crippen molar-refractivity contribution in [2.24, 2.45) is 0 Å². The van der Waals surface area contributed by atoms with Crippen LogP contribution in [0.3, 0.4) is 0 Å². The number of hydrogen-bond donors (Lipinski definition) is 2. The highest BCUT2D eigenvalue weighted by Gasteiger charge is 2.08. The molecule has 0 aromatic carbocycles. The highest BCUT2D eigenvalue weighted by Crippen LogP contribution is 2.08. The van der Waals surface area contributed by atoms with Gasteiger partial charge in [0.15, 0.2) is 0 Å². The van der Waals surface area contributed by atoms with Crippen LogP contribution in [-0.2, 0) is 6.54 Å². The number of hydrogen-bond acceptors (Lipinski definition) is 4. The fraction of sp³-hybridized carbons (Fsp3) is 0.267. The van der Waals surface area contributed by atoms with E-state index in [-0.39, 0.29) is 5.91 Å². The summed E-state index contributed by atoms with van der Waals surface area (Å²) in [4.78, 5) is 20.4. The topological polar surface area (TPSA) is 66.9 Å². The number of carbonyl (C=O) groups is 1. The van der Waals surface area contributed by atoms with Gasteiger partial charge in [0.25, 0.3) is 5.91 Å². The summed E-state index contributed by atoms with van der Waals surface area (Å²) >= 11 is 0. The molecule has 0 aliphatic heterocycles. The molecule has 2 aromatic rings. The van der Waals surface area contributed by atoms with E-state index in [1.807, 2.05) is 32.0 Å². The molecular weight excluding hydrogens is 252 g/mol. The van der Waals surface area contributed by atoms with Crippen LogP contribution in [0.4, 0.5) is 5.69 Å². The van der Waals surface area contributed by atoms with Crippen LogP contribution in [0.25, 0.3) is 0 Å². The number of amides is 1. The second-order valence-electron chi connectivity index (χ2n) is 4.41. The second-order valence-corrected chi connectivity index (χ2v) is 4.41. The molecule has 0 fully saturated rings. The Morgan fingerprint density at radius 1 is 1.25 bits per heavy atom. The number of aryl methyl sites for hydroxylation is 1. The van der Waals surface area contributed by atoms with Crippen molar-refractivity contribution in [2.45, 2.75) is 20.4 Å². The predicted octanol–water partition coefficient (Wildman–Crippen LogP) is 2.15. The Hall–Kier alpha value is -2.43. The van der Waals surface area contributed by atoms with Gasteiger partial charge in [0.05, 0.1) is 12.2 Å². The van der Waals surface area contributed by atoms with E-state index in [1.54, 1.807) is 18.5 Å². The van der Waals surface area contributed by atoms with Gasteiger partial charge in [0, 0.05) is 24.6 Å². The van der Waals surface area contributed by atoms with Crippen molar-refractivity contribution in [3.8, 4) is 0 Å². The Kier molecular flexibility index (Phi) is 4.65. The van der Waals surface area contributed by atoms with E-state index >= 15 is 0 Å². The third-order valence-electron chi connectivity index (χ3n) is 2.91. The minimum Gasteiger partial charge on any atom is -0.385 e. The number of rotatable bonds is 5. The van der Waals surface area contributed by atoms with E-state index in [4.69, 9.17) is 0 Å². The monoisotopic (exact) mass is 270 g/mol. The van der Waals surface area contributed by atoms with Crippen LogP contribution in [0.2, 0.25) is 0 Å². The summed E-state index contributed by atoms with van der Waals surface area (Å²) in [5.74, 6) is -0.199. The van der Waals surface area contributed by atoms with Gasteiger partial charge in [-0.3, -0.25) is 14.8 Å². The zero-order valence-electron chi connectivity index (χ0n) is 11.7. The molecule has 2 rings (SSSR count). The van der Waals surface area contributed by atoms with E-state index in [1.165, 1.54) is 0 Å². The molecule has 2 N–H and O–H groups in total. The molecule has 0 spiro atoms. The average molecular weight is 270 g/mol. The molecule has 5 nitrogen and oxygen atoms in total. The van der Waals surface area contributed by atoms with Crippen molar-refractivity contribution >= 4 is 11.6 Å². The molecule has 0 saturated heterocycles. The van der Waals surface area contributed by atoms with Crippen LogP contribution < -0.4 is 10.6 Å². The fourth-order valence-corrected chi connectivity index (χ4v) is 1.83. The van der Waals surface area contributed by atoms with E-state index in [0.717, 1.165) is 23.5 Å². The lowest BCUT2D eigenvalue weighted by Crippen LogP contribution is -2.24. The SMILES string of the molecule is CCNc1ccnc(C(=O)NCc2ncccc2C)c1. The Morgan fingerprint density at radius 2 is 2.10 bits per heavy atom. The van der Waals surface area contributed by atoms with Gasteiger partial charge in [-0.05, 0) is 37.6 Å². The molecule has 0 unspecified atom stereocenters. The van der Waals surface area contributed by atoms with Crippen LogP contribution in [-0.4, -0.2) is 22.4 Å². The van der Waals surface area contributed by atoms with Gasteiger partial charge >= 0.3 is 0 Å². The van der Waals surface area contributed by atoms with Gasteiger partial charge in [-0.1, -0.05) is 6.07 Å². The summed E-state index contributed by atoms with van der Waals surface area (Å²) in [5.41, 5.74) is 3.21. The van der Waals surface area contributed by atoms with Gasteiger partial charge in [-0.15, -0.1) is 0 Å². The third kappa shape index (κ3) is 3.54. The first-order valence-electron chi connectivity index (χ1n) is 6.59. The molecule has 2 aromatic heterocycles. The summed E-state index contributed by atoms with van der Waals surface area (Å²) in [6.07, 6.45) is 3.34. The second kappa shape index (κ2) is 6.65. The fourth-order valence-electron chi connectivity index (χ4n) is 1.83. The van der Waals surface area contributed by atoms with Crippen molar-refractivity contribution < 1.29 is 4.79 Å². The molecule has 20 heavy (non-hydrogen) atoms. The highest BCUT2D eigenvalue weighted by molar-refractivity contribution is 5.93. The molecule has 0 atom stereocenters. The Morgan fingerprint density at radius 3 is 2.85 bits per heavy atom. The van der Waals surface area contributed by atoms with Crippen molar-refractivity contribution in [3.63, 3.8) is 0 Å². The van der Waals surface area contributed by atoms with Crippen LogP contribution >= 0.6 is 0 Å². The zero-order chi connectivity index (χ0) is 14.4. The maximum Gasteiger partial charge on any atom is 0.270 e. The van der Waals surface area contributed by atoms with Crippen molar-refractivity contribution in [3.05, 3.63) is 53.6 Å². The van der Waals surface area contributed by atoms with Crippen LogP contribution in [0.5, 0.6) is 0 Å². The molecule has 2 heterocycles. The Balaban J connectivity index is 2.01. The van der Waals surface area contributed by atoms with Crippen molar-refractivity contribution in [1.82, 2.24) is 15.3 Å². The molecule has 0 aliphatic carbocycles. The normalized spacial score (nSPS) is 10.1. The quantitative estimate of drug-likeness (QED) is 0.873. The molecule has 5 heteroatoms. The zero-order valence-corrected chi connectivity index (χ0v) is 11.7. The summed E-state index contributed by atoms with van der Waals surface area (Å²) in [7, 11) is 0. The number of nitrogens with one attached hydrogen (secondary N) is 2. The summed E-state index contributed by atoms with van der Waals surface area (Å²) in [5, 5.41) is 5.99. The lowest BCUT2D eigenvalue weighted by molar-refractivity contribution is 0.0945. The number of anilines is 1. The molecular formula is C15H18N4O. The molecule has 0 radical (unpaired) electrons. The van der Waals surface area contributed by atoms with E-state index in [9.17, 15) is 4.79 Å². The van der Waals surface area contributed by atoms with Crippen molar-refractivity contribution in [1.29, 1.82) is 0 Å². The Bertz CT molecular complexity index is 598. The van der Waals surface area contributed by atoms with Gasteiger partial charge in [-0.2, -0.15) is 0 Å². The van der Waals surface area contributed by atoms with E-state index in [2.05, 4.69) is 20.6 Å². The smallest absolute Gasteiger partial charge is 0.270 e. The van der Waals surface area contributed by atoms with E-state index < -0.39 is 0 Å². The molecule has 0 saturated carbocycles. The number of aromatic nitrogens is 2. The largest absolute Gasteiger partial charge is 0.385 e. The standard InChI is InChI=1S/C15H18N4O/c1-3-16-12-6-8-18-13(9-12)15(20)19-10-14-11(2)5-4-7-17-14/h4-9H,3,10H2,1-2H3,(H,16,18)(H,19,20). The van der Waals surface area contributed by atoms with Gasteiger partial charge in [-0.25, -0.2) is 0 Å². The predicted molar refractivity (Wildman–Crippen MR) is 78.5 cm³/mol. The highest BCUT2D eigenvalue weighted by atomic mass is 16.1. The first kappa shape index (κ1) is 14.0. The molecule has 0 bridgehead atoms. The van der Waals surface area contributed by atoms with Gasteiger partial charge in [0.2, 0.25) is 0 Å². The minimum absolute atomic E-state index is 0.199. The summed E-state index contributed by atoms with van der Waals surface area (Å²) in [6, 6.07) is 7.42. The van der Waals surface area contributed by atoms with Gasteiger partial charge in [0.1, 0.15) is 5.69 Å². The maximum absolute atomic E-state index is 12.1. The maximum atomic E-state index is 12.1. The molecule has 104 valence electrons. The van der Waals surface area contributed by atoms with E-state index in [0.29, 0.717) is 12.2 Å². The average Bonchev–Trinajstić information content (AvgIpc) is 2.47. The first-order chi connectivity index (χ1) is 9.70. The Labute approximate surface area is 118 Å². The molecule has 0 aliphatic rings. The first-order valence-corrected chi connectivity index (χ1v) is 6.59. The lowest BCUT2D eigenvalue weighted by Gasteiger charge is -2.08. The van der Waals surface area contributed by atoms with Crippen LogP contribution in [0.1, 0.15) is 28.7 Å².